The van der Waals surface area contributed by atoms with Crippen LogP contribution in [-0.4, -0.2) is 48.8 Å². The highest BCUT2D eigenvalue weighted by Crippen LogP contribution is 2.36. The molecule has 1 aliphatic rings. The van der Waals surface area contributed by atoms with Gasteiger partial charge in [0.2, 0.25) is 0 Å². The van der Waals surface area contributed by atoms with E-state index in [0.717, 1.165) is 0 Å². The zero-order chi connectivity index (χ0) is 22.7. The second-order valence-electron chi connectivity index (χ2n) is 7.26. The van der Waals surface area contributed by atoms with Gasteiger partial charge in [-0.15, -0.1) is 0 Å². The highest BCUT2D eigenvalue weighted by Gasteiger charge is 2.29. The smallest absolute Gasteiger partial charge is 0.322 e. The summed E-state index contributed by atoms with van der Waals surface area (Å²) in [5.74, 6) is 0.451. The summed E-state index contributed by atoms with van der Waals surface area (Å²) in [4.78, 5) is 20.5. The number of ether oxygens (including phenoxy) is 3. The summed E-state index contributed by atoms with van der Waals surface area (Å²) in [7, 11) is 2.90. The minimum Gasteiger partial charge on any atom is -0.493 e. The maximum Gasteiger partial charge on any atom is 0.322 e. The third-order valence-corrected chi connectivity index (χ3v) is 5.55. The van der Waals surface area contributed by atoms with Crippen LogP contribution in [0.15, 0.2) is 36.7 Å². The predicted molar refractivity (Wildman–Crippen MR) is 118 cm³/mol. The topological polar surface area (TPSA) is 94.6 Å². The van der Waals surface area contributed by atoms with E-state index in [1.165, 1.54) is 26.6 Å². The summed E-state index contributed by atoms with van der Waals surface area (Å²) in [6.45, 7) is 0.615. The summed E-state index contributed by atoms with van der Waals surface area (Å²) in [6.07, 6.45) is 2.32. The minimum absolute atomic E-state index is 0.00474. The van der Waals surface area contributed by atoms with Crippen LogP contribution in [0.3, 0.4) is 0 Å². The van der Waals surface area contributed by atoms with E-state index in [9.17, 15) is 9.18 Å². The van der Waals surface area contributed by atoms with Crippen molar-refractivity contribution in [2.24, 2.45) is 0 Å². The monoisotopic (exact) mass is 460 g/mol. The van der Waals surface area contributed by atoms with Gasteiger partial charge in [0.15, 0.2) is 17.3 Å². The molecule has 1 aliphatic heterocycles. The molecule has 1 aromatic heterocycles. The molecule has 0 radical (unpaired) electrons. The van der Waals surface area contributed by atoms with Crippen LogP contribution in [0.5, 0.6) is 11.5 Å². The zero-order valence-electron chi connectivity index (χ0n) is 17.5. The highest BCUT2D eigenvalue weighted by molar-refractivity contribution is 6.31. The Hall–Kier alpha value is -3.17. The number of rotatable bonds is 6. The number of methoxy groups -OCH3 is 2. The largest absolute Gasteiger partial charge is 0.493 e. The molecule has 2 aromatic carbocycles. The lowest BCUT2D eigenvalue weighted by atomic mass is 10.0. The van der Waals surface area contributed by atoms with Gasteiger partial charge in [-0.2, -0.15) is 0 Å². The number of hydrogen-bond donors (Lipinski definition) is 2. The zero-order valence-corrected chi connectivity index (χ0v) is 18.3. The fourth-order valence-electron chi connectivity index (χ4n) is 3.63. The van der Waals surface area contributed by atoms with Crippen LogP contribution >= 0.6 is 11.6 Å². The molecule has 4 rings (SSSR count). The van der Waals surface area contributed by atoms with Gasteiger partial charge in [-0.05, 0) is 31.2 Å². The van der Waals surface area contributed by atoms with E-state index in [1.54, 1.807) is 24.3 Å². The van der Waals surface area contributed by atoms with Crippen LogP contribution < -0.4 is 20.1 Å². The van der Waals surface area contributed by atoms with Crippen LogP contribution in [0, 0.1) is 5.82 Å². The fourth-order valence-corrected chi connectivity index (χ4v) is 3.81. The van der Waals surface area contributed by atoms with Crippen LogP contribution in [0.1, 0.15) is 12.8 Å². The van der Waals surface area contributed by atoms with Crippen molar-refractivity contribution in [2.45, 2.75) is 25.0 Å². The van der Waals surface area contributed by atoms with Gasteiger partial charge in [0.1, 0.15) is 24.3 Å². The van der Waals surface area contributed by atoms with Gasteiger partial charge >= 0.3 is 5.97 Å². The van der Waals surface area contributed by atoms with Crippen LogP contribution in [0.25, 0.3) is 10.9 Å². The maximum atomic E-state index is 14.4. The summed E-state index contributed by atoms with van der Waals surface area (Å²) in [6, 6.07) is 7.72. The van der Waals surface area contributed by atoms with Crippen molar-refractivity contribution in [2.75, 3.05) is 26.1 Å². The first-order valence-electron chi connectivity index (χ1n) is 10.0. The molecule has 10 heteroatoms. The van der Waals surface area contributed by atoms with Crippen LogP contribution in [0.4, 0.5) is 15.9 Å². The molecule has 0 bridgehead atoms. The molecule has 32 heavy (non-hydrogen) atoms. The molecule has 3 aromatic rings. The number of nitrogens with zero attached hydrogens (tertiary/aromatic N) is 2. The first-order valence-corrected chi connectivity index (χ1v) is 10.4. The Bertz CT molecular complexity index is 1150. The van der Waals surface area contributed by atoms with E-state index >= 15 is 0 Å². The number of halogens is 2. The third kappa shape index (κ3) is 4.53. The SMILES string of the molecule is COC(=O)[C@H]1C[C@@H](Oc2cc3c(Nc4cccc(Cl)c4F)ncnc3cc2OC)CCN1. The molecule has 0 amide bonds. The number of fused-ring (bicyclic) bond motifs is 1. The number of nitrogens with one attached hydrogen (secondary N) is 2. The van der Waals surface area contributed by atoms with E-state index in [2.05, 4.69) is 20.6 Å². The molecule has 2 N–H and O–H groups in total. The second-order valence-corrected chi connectivity index (χ2v) is 7.67. The number of benzene rings is 2. The van der Waals surface area contributed by atoms with Crippen molar-refractivity contribution in [3.8, 4) is 11.5 Å². The Kier molecular flexibility index (Phi) is 6.57. The molecular weight excluding hydrogens is 439 g/mol. The van der Waals surface area contributed by atoms with Gasteiger partial charge in [0.25, 0.3) is 0 Å². The van der Waals surface area contributed by atoms with Crippen molar-refractivity contribution in [3.63, 3.8) is 0 Å². The third-order valence-electron chi connectivity index (χ3n) is 5.26. The second kappa shape index (κ2) is 9.54. The Morgan fingerprint density at radius 3 is 2.88 bits per heavy atom. The molecule has 1 saturated heterocycles. The number of carbonyl (C=O) groups is 1. The van der Waals surface area contributed by atoms with Crippen molar-refractivity contribution in [3.05, 3.63) is 47.5 Å². The van der Waals surface area contributed by atoms with E-state index in [1.807, 2.05) is 0 Å². The molecule has 1 fully saturated rings. The number of esters is 1. The minimum atomic E-state index is -0.575. The van der Waals surface area contributed by atoms with Gasteiger partial charge in [0, 0.05) is 17.9 Å². The van der Waals surface area contributed by atoms with Crippen LogP contribution in [0.2, 0.25) is 5.02 Å². The number of anilines is 2. The summed E-state index contributed by atoms with van der Waals surface area (Å²) in [5.41, 5.74) is 0.780. The van der Waals surface area contributed by atoms with E-state index in [0.29, 0.717) is 47.6 Å². The lowest BCUT2D eigenvalue weighted by molar-refractivity contribution is -0.144. The van der Waals surface area contributed by atoms with Gasteiger partial charge < -0.3 is 24.8 Å². The number of hydrogen-bond acceptors (Lipinski definition) is 8. The fraction of sp³-hybridized carbons (Fsp3) is 0.318. The van der Waals surface area contributed by atoms with E-state index in [-0.39, 0.29) is 22.8 Å². The van der Waals surface area contributed by atoms with E-state index in [4.69, 9.17) is 25.8 Å². The maximum absolute atomic E-state index is 14.4. The number of aromatic nitrogens is 2. The van der Waals surface area contributed by atoms with Crippen molar-refractivity contribution < 1.29 is 23.4 Å². The van der Waals surface area contributed by atoms with Gasteiger partial charge in [-0.25, -0.2) is 14.4 Å². The molecule has 0 aliphatic carbocycles. The quantitative estimate of drug-likeness (QED) is 0.536. The Balaban J connectivity index is 1.66. The van der Waals surface area contributed by atoms with Gasteiger partial charge in [0.05, 0.1) is 30.4 Å². The van der Waals surface area contributed by atoms with Gasteiger partial charge in [-0.1, -0.05) is 17.7 Å². The highest BCUT2D eigenvalue weighted by atomic mass is 35.5. The first-order chi connectivity index (χ1) is 15.5. The molecule has 0 unspecified atom stereocenters. The standard InChI is InChI=1S/C22H22ClFN4O4/c1-30-18-10-16-13(9-19(18)32-12-6-7-25-17(8-12)22(29)31-2)21(27-11-26-16)28-15-5-3-4-14(23)20(15)24/h3-5,9-12,17,25H,6-8H2,1-2H3,(H,26,27,28)/t12-,17+/m0/s1. The predicted octanol–water partition coefficient (Wildman–Crippen LogP) is 3.85. The Morgan fingerprint density at radius 2 is 2.09 bits per heavy atom. The molecule has 0 spiro atoms. The molecule has 2 atom stereocenters. The normalized spacial score (nSPS) is 18.2. The van der Waals surface area contributed by atoms with Crippen molar-refractivity contribution in [1.82, 2.24) is 15.3 Å². The lowest BCUT2D eigenvalue weighted by Gasteiger charge is -2.29. The van der Waals surface area contributed by atoms with Crippen molar-refractivity contribution in [1.29, 1.82) is 0 Å². The summed E-state index contributed by atoms with van der Waals surface area (Å²) < 4.78 is 30.9. The average Bonchev–Trinajstić information content (AvgIpc) is 2.81. The number of piperidine rings is 1. The Morgan fingerprint density at radius 1 is 1.25 bits per heavy atom. The first kappa shape index (κ1) is 22.0. The van der Waals surface area contributed by atoms with Crippen LogP contribution in [-0.2, 0) is 9.53 Å². The van der Waals surface area contributed by atoms with Gasteiger partial charge in [-0.3, -0.25) is 4.79 Å². The molecule has 0 saturated carbocycles. The molecular formula is C22H22ClFN4O4. The summed E-state index contributed by atoms with van der Waals surface area (Å²) in [5, 5.41) is 6.72. The van der Waals surface area contributed by atoms with E-state index < -0.39 is 11.9 Å². The Labute approximate surface area is 189 Å². The molecule has 2 heterocycles. The molecule has 168 valence electrons. The number of carbonyl (C=O) groups excluding carboxylic acids is 1. The summed E-state index contributed by atoms with van der Waals surface area (Å²) >= 11 is 5.89. The van der Waals surface area contributed by atoms with Crippen molar-refractivity contribution >= 4 is 40.0 Å². The molecule has 8 nitrogen and oxygen atoms in total. The average molecular weight is 461 g/mol. The lowest BCUT2D eigenvalue weighted by Crippen LogP contribution is -2.47.